The minimum Gasteiger partial charge on any atom is -0.466 e. The van der Waals surface area contributed by atoms with Crippen LogP contribution in [0.1, 0.15) is 66.4 Å². The lowest BCUT2D eigenvalue weighted by Gasteiger charge is -2.32. The fourth-order valence-corrected chi connectivity index (χ4v) is 3.65. The predicted octanol–water partition coefficient (Wildman–Crippen LogP) is 2.39. The van der Waals surface area contributed by atoms with Crippen molar-refractivity contribution < 1.29 is 9.21 Å². The van der Waals surface area contributed by atoms with E-state index in [1.165, 1.54) is 4.68 Å². The van der Waals surface area contributed by atoms with Crippen LogP contribution in [-0.2, 0) is 7.05 Å². The van der Waals surface area contributed by atoms with E-state index in [0.717, 1.165) is 31.0 Å². The topological polar surface area (TPSA) is 73.3 Å². The molecule has 0 radical (unpaired) electrons. The van der Waals surface area contributed by atoms with Crippen molar-refractivity contribution in [3.63, 3.8) is 0 Å². The molecule has 1 unspecified atom stereocenters. The van der Waals surface area contributed by atoms with E-state index in [0.29, 0.717) is 17.9 Å². The Morgan fingerprint density at radius 2 is 2.08 bits per heavy atom. The zero-order valence-corrected chi connectivity index (χ0v) is 15.6. The number of aromatic nitrogens is 3. The predicted molar refractivity (Wildman–Crippen MR) is 93.9 cm³/mol. The highest BCUT2D eigenvalue weighted by atomic mass is 16.3. The van der Waals surface area contributed by atoms with Crippen molar-refractivity contribution in [3.8, 4) is 0 Å². The molecule has 0 saturated carbocycles. The maximum absolute atomic E-state index is 12.9. The minimum absolute atomic E-state index is 0.00609. The Kier molecular flexibility index (Phi) is 4.58. The van der Waals surface area contributed by atoms with Gasteiger partial charge in [0.2, 0.25) is 0 Å². The van der Waals surface area contributed by atoms with Gasteiger partial charge in [0.05, 0.1) is 5.56 Å². The standard InChI is InChI=1S/C18H26N4O3/c1-11(2)22-16(19-20(5)18(22)24)14-7-6-8-21(10-14)17(23)15-9-12(3)25-13(15)4/h9,11,14H,6-8,10H2,1-5H3. The lowest BCUT2D eigenvalue weighted by molar-refractivity contribution is 0.0701. The van der Waals surface area contributed by atoms with E-state index in [4.69, 9.17) is 4.42 Å². The molecule has 1 saturated heterocycles. The minimum atomic E-state index is -0.102. The zero-order chi connectivity index (χ0) is 18.3. The van der Waals surface area contributed by atoms with Crippen molar-refractivity contribution in [2.75, 3.05) is 13.1 Å². The second kappa shape index (κ2) is 6.54. The lowest BCUT2D eigenvalue weighted by atomic mass is 9.96. The highest BCUT2D eigenvalue weighted by Gasteiger charge is 2.31. The van der Waals surface area contributed by atoms with Crippen molar-refractivity contribution in [1.29, 1.82) is 0 Å². The molecule has 1 atom stereocenters. The van der Waals surface area contributed by atoms with E-state index in [1.54, 1.807) is 17.7 Å². The molecule has 0 N–H and O–H groups in total. The summed E-state index contributed by atoms with van der Waals surface area (Å²) in [5.41, 5.74) is 0.523. The summed E-state index contributed by atoms with van der Waals surface area (Å²) >= 11 is 0. The van der Waals surface area contributed by atoms with E-state index in [1.807, 2.05) is 32.6 Å². The van der Waals surface area contributed by atoms with Gasteiger partial charge in [-0.15, -0.1) is 0 Å². The Hall–Kier alpha value is -2.31. The Morgan fingerprint density at radius 3 is 2.68 bits per heavy atom. The van der Waals surface area contributed by atoms with Gasteiger partial charge in [0, 0.05) is 32.1 Å². The first-order valence-corrected chi connectivity index (χ1v) is 8.81. The van der Waals surface area contributed by atoms with E-state index >= 15 is 0 Å². The molecule has 0 spiro atoms. The van der Waals surface area contributed by atoms with E-state index < -0.39 is 0 Å². The van der Waals surface area contributed by atoms with E-state index in [-0.39, 0.29) is 23.6 Å². The third-order valence-corrected chi connectivity index (χ3v) is 4.84. The second-order valence-electron chi connectivity index (χ2n) is 7.15. The number of carbonyl (C=O) groups excluding carboxylic acids is 1. The molecule has 3 rings (SSSR count). The highest BCUT2D eigenvalue weighted by molar-refractivity contribution is 5.95. The summed E-state index contributed by atoms with van der Waals surface area (Å²) in [7, 11) is 1.67. The van der Waals surface area contributed by atoms with Crippen molar-refractivity contribution in [3.05, 3.63) is 39.5 Å². The van der Waals surface area contributed by atoms with Crippen LogP contribution in [0.15, 0.2) is 15.3 Å². The maximum atomic E-state index is 12.9. The van der Waals surface area contributed by atoms with Crippen molar-refractivity contribution in [2.45, 2.75) is 52.5 Å². The van der Waals surface area contributed by atoms with Crippen molar-refractivity contribution in [2.24, 2.45) is 7.05 Å². The molecule has 2 aromatic heterocycles. The number of furan rings is 1. The van der Waals surface area contributed by atoms with Gasteiger partial charge in [-0.25, -0.2) is 9.48 Å². The van der Waals surface area contributed by atoms with Gasteiger partial charge in [0.15, 0.2) is 0 Å². The molecule has 0 bridgehead atoms. The number of nitrogens with zero attached hydrogens (tertiary/aromatic N) is 4. The van der Waals surface area contributed by atoms with Gasteiger partial charge >= 0.3 is 5.69 Å². The number of carbonyl (C=O) groups is 1. The molecule has 7 heteroatoms. The molecular weight excluding hydrogens is 320 g/mol. The highest BCUT2D eigenvalue weighted by Crippen LogP contribution is 2.28. The molecule has 1 fully saturated rings. The monoisotopic (exact) mass is 346 g/mol. The van der Waals surface area contributed by atoms with Gasteiger partial charge in [0.25, 0.3) is 5.91 Å². The van der Waals surface area contributed by atoms with Gasteiger partial charge < -0.3 is 9.32 Å². The van der Waals surface area contributed by atoms with Gasteiger partial charge in [0.1, 0.15) is 17.3 Å². The number of hydrogen-bond donors (Lipinski definition) is 0. The quantitative estimate of drug-likeness (QED) is 0.855. The second-order valence-corrected chi connectivity index (χ2v) is 7.15. The van der Waals surface area contributed by atoms with Crippen LogP contribution >= 0.6 is 0 Å². The normalized spacial score (nSPS) is 18.2. The number of amides is 1. The maximum Gasteiger partial charge on any atom is 0.345 e. The zero-order valence-electron chi connectivity index (χ0n) is 15.6. The summed E-state index contributed by atoms with van der Waals surface area (Å²) in [6.07, 6.45) is 1.82. The van der Waals surface area contributed by atoms with Gasteiger partial charge in [-0.3, -0.25) is 9.36 Å². The van der Waals surface area contributed by atoms with Crippen LogP contribution in [0.25, 0.3) is 0 Å². The van der Waals surface area contributed by atoms with Crippen LogP contribution in [0, 0.1) is 13.8 Å². The molecule has 0 aliphatic carbocycles. The van der Waals surface area contributed by atoms with Crippen LogP contribution in [0.2, 0.25) is 0 Å². The summed E-state index contributed by atoms with van der Waals surface area (Å²) in [4.78, 5) is 27.1. The van der Waals surface area contributed by atoms with E-state index in [9.17, 15) is 9.59 Å². The third-order valence-electron chi connectivity index (χ3n) is 4.84. The van der Waals surface area contributed by atoms with Crippen LogP contribution < -0.4 is 5.69 Å². The fraction of sp³-hybridized carbons (Fsp3) is 0.611. The molecule has 136 valence electrons. The molecule has 7 nitrogen and oxygen atoms in total. The molecule has 2 aromatic rings. The summed E-state index contributed by atoms with van der Waals surface area (Å²) in [6.45, 7) is 8.92. The largest absolute Gasteiger partial charge is 0.466 e. The summed E-state index contributed by atoms with van der Waals surface area (Å²) in [6, 6.07) is 1.84. The van der Waals surface area contributed by atoms with Crippen LogP contribution in [-0.4, -0.2) is 38.2 Å². The average molecular weight is 346 g/mol. The number of aryl methyl sites for hydroxylation is 3. The first-order chi connectivity index (χ1) is 11.8. The van der Waals surface area contributed by atoms with Crippen molar-refractivity contribution >= 4 is 5.91 Å². The summed E-state index contributed by atoms with van der Waals surface area (Å²) in [5.74, 6) is 2.24. The van der Waals surface area contributed by atoms with Crippen LogP contribution in [0.5, 0.6) is 0 Å². The summed E-state index contributed by atoms with van der Waals surface area (Å²) < 4.78 is 8.63. The van der Waals surface area contributed by atoms with Gasteiger partial charge in [-0.05, 0) is 46.6 Å². The molecular formula is C18H26N4O3. The number of piperidine rings is 1. The molecule has 1 aliphatic heterocycles. The number of hydrogen-bond acceptors (Lipinski definition) is 4. The molecule has 25 heavy (non-hydrogen) atoms. The lowest BCUT2D eigenvalue weighted by Crippen LogP contribution is -2.40. The molecule has 1 aliphatic rings. The van der Waals surface area contributed by atoms with Gasteiger partial charge in [-0.1, -0.05) is 0 Å². The van der Waals surface area contributed by atoms with E-state index in [2.05, 4.69) is 5.10 Å². The first-order valence-electron chi connectivity index (χ1n) is 8.81. The molecule has 0 aromatic carbocycles. The first kappa shape index (κ1) is 17.5. The average Bonchev–Trinajstić information content (AvgIpc) is 3.06. The SMILES string of the molecule is Cc1cc(C(=O)N2CCCC(c3nn(C)c(=O)n3C(C)C)C2)c(C)o1. The fourth-order valence-electron chi connectivity index (χ4n) is 3.65. The Balaban J connectivity index is 1.87. The Labute approximate surface area is 147 Å². The number of likely N-dealkylation sites (tertiary alicyclic amines) is 1. The third kappa shape index (κ3) is 3.15. The molecule has 3 heterocycles. The number of rotatable bonds is 3. The van der Waals surface area contributed by atoms with Crippen LogP contribution in [0.3, 0.4) is 0 Å². The molecule has 1 amide bonds. The Morgan fingerprint density at radius 1 is 1.36 bits per heavy atom. The van der Waals surface area contributed by atoms with Crippen molar-refractivity contribution in [1.82, 2.24) is 19.2 Å². The Bertz CT molecular complexity index is 843. The smallest absolute Gasteiger partial charge is 0.345 e. The summed E-state index contributed by atoms with van der Waals surface area (Å²) in [5, 5.41) is 4.45. The van der Waals surface area contributed by atoms with Gasteiger partial charge in [-0.2, -0.15) is 5.10 Å². The van der Waals surface area contributed by atoms with Crippen LogP contribution in [0.4, 0.5) is 0 Å².